The van der Waals surface area contributed by atoms with E-state index in [-0.39, 0.29) is 6.03 Å². The largest absolute Gasteiger partial charge is 0.334 e. The number of amides is 2. The minimum absolute atomic E-state index is 0.195. The van der Waals surface area contributed by atoms with Gasteiger partial charge in [-0.05, 0) is 72.1 Å². The van der Waals surface area contributed by atoms with Gasteiger partial charge in [-0.25, -0.2) is 4.79 Å². The van der Waals surface area contributed by atoms with Gasteiger partial charge in [-0.15, -0.1) is 0 Å². The van der Waals surface area contributed by atoms with Gasteiger partial charge in [0.1, 0.15) is 0 Å². The van der Waals surface area contributed by atoms with Gasteiger partial charge in [-0.1, -0.05) is 24.3 Å². The van der Waals surface area contributed by atoms with Crippen LogP contribution < -0.4 is 10.6 Å². The van der Waals surface area contributed by atoms with Gasteiger partial charge in [0, 0.05) is 22.3 Å². The molecule has 2 rings (SSSR count). The minimum atomic E-state index is -0.195. The summed E-state index contributed by atoms with van der Waals surface area (Å²) < 4.78 is 1.14. The van der Waals surface area contributed by atoms with Crippen molar-refractivity contribution in [3.8, 4) is 0 Å². The molecule has 0 aliphatic carbocycles. The van der Waals surface area contributed by atoms with Crippen molar-refractivity contribution in [1.29, 1.82) is 0 Å². The van der Waals surface area contributed by atoms with Gasteiger partial charge in [0.15, 0.2) is 0 Å². The Balaban J connectivity index is 1.86. The molecule has 0 atom stereocenters. The minimum Gasteiger partial charge on any atom is -0.334 e. The Morgan fingerprint density at radius 1 is 1.09 bits per heavy atom. The molecule has 2 aromatic carbocycles. The molecule has 2 N–H and O–H groups in total. The molecule has 5 heteroatoms. The first kappa shape index (κ1) is 16.8. The summed E-state index contributed by atoms with van der Waals surface area (Å²) in [6, 6.07) is 15.7. The van der Waals surface area contributed by atoms with Crippen LogP contribution in [-0.4, -0.2) is 25.0 Å². The Hall–Kier alpha value is -1.60. The smallest absolute Gasteiger partial charge is 0.319 e. The molecular formula is C17H20IN3O. The van der Waals surface area contributed by atoms with E-state index >= 15 is 0 Å². The van der Waals surface area contributed by atoms with Gasteiger partial charge in [0.2, 0.25) is 0 Å². The van der Waals surface area contributed by atoms with Crippen molar-refractivity contribution in [3.63, 3.8) is 0 Å². The van der Waals surface area contributed by atoms with Gasteiger partial charge in [-0.2, -0.15) is 0 Å². The fourth-order valence-corrected chi connectivity index (χ4v) is 2.45. The lowest BCUT2D eigenvalue weighted by Gasteiger charge is -2.12. The van der Waals surface area contributed by atoms with Crippen LogP contribution in [0.25, 0.3) is 0 Å². The summed E-state index contributed by atoms with van der Waals surface area (Å²) in [6.45, 7) is 1.40. The maximum Gasteiger partial charge on any atom is 0.319 e. The molecule has 2 amide bonds. The van der Waals surface area contributed by atoms with E-state index in [2.05, 4.69) is 50.3 Å². The average Bonchev–Trinajstić information content (AvgIpc) is 2.47. The number of hydrogen-bond acceptors (Lipinski definition) is 2. The molecule has 0 spiro atoms. The molecular weight excluding hydrogens is 389 g/mol. The molecule has 22 heavy (non-hydrogen) atoms. The Morgan fingerprint density at radius 2 is 1.77 bits per heavy atom. The second-order valence-electron chi connectivity index (χ2n) is 5.37. The van der Waals surface area contributed by atoms with Crippen molar-refractivity contribution in [2.24, 2.45) is 0 Å². The molecule has 0 saturated heterocycles. The van der Waals surface area contributed by atoms with Gasteiger partial charge in [-0.3, -0.25) is 0 Å². The second kappa shape index (κ2) is 8.14. The lowest BCUT2D eigenvalue weighted by atomic mass is 10.1. The molecule has 116 valence electrons. The summed E-state index contributed by atoms with van der Waals surface area (Å²) in [7, 11) is 4.08. The number of urea groups is 1. The first-order chi connectivity index (χ1) is 10.5. The van der Waals surface area contributed by atoms with Crippen LogP contribution in [-0.2, 0) is 13.1 Å². The molecule has 0 unspecified atom stereocenters. The fourth-order valence-electron chi connectivity index (χ4n) is 2.09. The summed E-state index contributed by atoms with van der Waals surface area (Å²) in [4.78, 5) is 14.0. The quantitative estimate of drug-likeness (QED) is 0.741. The lowest BCUT2D eigenvalue weighted by Crippen LogP contribution is -2.28. The van der Waals surface area contributed by atoms with Crippen LogP contribution in [0.1, 0.15) is 11.1 Å². The van der Waals surface area contributed by atoms with Crippen molar-refractivity contribution in [2.75, 3.05) is 19.4 Å². The maximum atomic E-state index is 11.9. The number of hydrogen-bond donors (Lipinski definition) is 2. The van der Waals surface area contributed by atoms with Crippen LogP contribution in [0.3, 0.4) is 0 Å². The average molecular weight is 409 g/mol. The van der Waals surface area contributed by atoms with Crippen LogP contribution in [0.5, 0.6) is 0 Å². The Morgan fingerprint density at radius 3 is 2.45 bits per heavy atom. The van der Waals surface area contributed by atoms with E-state index in [4.69, 9.17) is 0 Å². The van der Waals surface area contributed by atoms with Crippen LogP contribution in [0.4, 0.5) is 10.5 Å². The van der Waals surface area contributed by atoms with E-state index in [1.54, 1.807) is 0 Å². The van der Waals surface area contributed by atoms with Crippen LogP contribution in [0.15, 0.2) is 48.5 Å². The topological polar surface area (TPSA) is 44.4 Å². The van der Waals surface area contributed by atoms with Gasteiger partial charge in [0.05, 0.1) is 0 Å². The van der Waals surface area contributed by atoms with E-state index in [0.29, 0.717) is 6.54 Å². The number of halogens is 1. The van der Waals surface area contributed by atoms with Crippen molar-refractivity contribution in [2.45, 2.75) is 13.1 Å². The molecule has 4 nitrogen and oxygen atoms in total. The Bertz CT molecular complexity index is 626. The number of benzene rings is 2. The Labute approximate surface area is 145 Å². The maximum absolute atomic E-state index is 11.9. The number of nitrogens with one attached hydrogen (secondary N) is 2. The predicted octanol–water partition coefficient (Wildman–Crippen LogP) is 3.67. The standard InChI is InChI=1S/C17H20IN3O/c1-21(2)12-14-5-3-4-13(10-14)11-19-17(22)20-16-8-6-15(18)7-9-16/h3-10H,11-12H2,1-2H3,(H2,19,20,22). The molecule has 0 saturated carbocycles. The number of nitrogens with zero attached hydrogens (tertiary/aromatic N) is 1. The zero-order valence-electron chi connectivity index (χ0n) is 12.8. The summed E-state index contributed by atoms with van der Waals surface area (Å²) in [6.07, 6.45) is 0. The number of rotatable bonds is 5. The lowest BCUT2D eigenvalue weighted by molar-refractivity contribution is 0.251. The first-order valence-electron chi connectivity index (χ1n) is 7.06. The molecule has 0 bridgehead atoms. The van der Waals surface area contributed by atoms with E-state index in [1.165, 1.54) is 5.56 Å². The highest BCUT2D eigenvalue weighted by Gasteiger charge is 2.03. The molecule has 0 fully saturated rings. The van der Waals surface area contributed by atoms with E-state index < -0.39 is 0 Å². The second-order valence-corrected chi connectivity index (χ2v) is 6.62. The van der Waals surface area contributed by atoms with Crippen molar-refractivity contribution in [1.82, 2.24) is 10.2 Å². The van der Waals surface area contributed by atoms with Gasteiger partial charge < -0.3 is 15.5 Å². The monoisotopic (exact) mass is 409 g/mol. The molecule has 0 aliphatic heterocycles. The van der Waals surface area contributed by atoms with Crippen molar-refractivity contribution < 1.29 is 4.79 Å². The van der Waals surface area contributed by atoms with E-state index in [1.807, 2.05) is 50.5 Å². The number of carbonyl (C=O) groups is 1. The summed E-state index contributed by atoms with van der Waals surface area (Å²) >= 11 is 2.23. The third-order valence-electron chi connectivity index (χ3n) is 3.05. The van der Waals surface area contributed by atoms with Crippen molar-refractivity contribution in [3.05, 3.63) is 63.2 Å². The summed E-state index contributed by atoms with van der Waals surface area (Å²) in [5.74, 6) is 0. The zero-order valence-corrected chi connectivity index (χ0v) is 14.9. The number of carbonyl (C=O) groups excluding carboxylic acids is 1. The van der Waals surface area contributed by atoms with Crippen LogP contribution >= 0.6 is 22.6 Å². The summed E-state index contributed by atoms with van der Waals surface area (Å²) in [5.41, 5.74) is 3.12. The third kappa shape index (κ3) is 5.65. The van der Waals surface area contributed by atoms with Crippen LogP contribution in [0.2, 0.25) is 0 Å². The molecule has 2 aromatic rings. The highest BCUT2D eigenvalue weighted by Crippen LogP contribution is 2.11. The third-order valence-corrected chi connectivity index (χ3v) is 3.76. The first-order valence-corrected chi connectivity index (χ1v) is 8.14. The highest BCUT2D eigenvalue weighted by molar-refractivity contribution is 14.1. The van der Waals surface area contributed by atoms with Crippen LogP contribution in [0, 0.1) is 3.57 Å². The SMILES string of the molecule is CN(C)Cc1cccc(CNC(=O)Nc2ccc(I)cc2)c1. The Kier molecular flexibility index (Phi) is 6.21. The molecule has 0 radical (unpaired) electrons. The predicted molar refractivity (Wildman–Crippen MR) is 98.9 cm³/mol. The normalized spacial score (nSPS) is 10.5. The molecule has 0 aliphatic rings. The van der Waals surface area contributed by atoms with Crippen molar-refractivity contribution >= 4 is 34.3 Å². The molecule has 0 aromatic heterocycles. The zero-order chi connectivity index (χ0) is 15.9. The number of anilines is 1. The fraction of sp³-hybridized carbons (Fsp3) is 0.235. The summed E-state index contributed by atoms with van der Waals surface area (Å²) in [5, 5.41) is 5.70. The molecule has 0 heterocycles. The van der Waals surface area contributed by atoms with Gasteiger partial charge >= 0.3 is 6.03 Å². The van der Waals surface area contributed by atoms with E-state index in [0.717, 1.165) is 21.4 Å². The van der Waals surface area contributed by atoms with E-state index in [9.17, 15) is 4.79 Å². The highest BCUT2D eigenvalue weighted by atomic mass is 127. The van der Waals surface area contributed by atoms with Gasteiger partial charge in [0.25, 0.3) is 0 Å².